The third-order valence-electron chi connectivity index (χ3n) is 4.02. The molecule has 2 aromatic rings. The van der Waals surface area contributed by atoms with Gasteiger partial charge < -0.3 is 24.3 Å². The van der Waals surface area contributed by atoms with E-state index in [1.165, 1.54) is 6.08 Å². The van der Waals surface area contributed by atoms with Gasteiger partial charge in [-0.2, -0.15) is 0 Å². The minimum Gasteiger partial charge on any atom is -0.497 e. The molecule has 0 saturated carbocycles. The highest BCUT2D eigenvalue weighted by Gasteiger charge is 2.10. The van der Waals surface area contributed by atoms with Crippen molar-refractivity contribution < 1.29 is 23.7 Å². The Morgan fingerprint density at radius 3 is 2.11 bits per heavy atom. The fourth-order valence-corrected chi connectivity index (χ4v) is 2.53. The molecule has 0 radical (unpaired) electrons. The Balaban J connectivity index is 1.95. The van der Waals surface area contributed by atoms with Gasteiger partial charge in [0.25, 0.3) is 0 Å². The molecular weight excluding hydrogens is 346 g/mol. The fourth-order valence-electron chi connectivity index (χ4n) is 2.53. The van der Waals surface area contributed by atoms with E-state index < -0.39 is 0 Å². The summed E-state index contributed by atoms with van der Waals surface area (Å²) in [5.74, 6) is 2.36. The van der Waals surface area contributed by atoms with Crippen LogP contribution in [0.15, 0.2) is 42.5 Å². The lowest BCUT2D eigenvalue weighted by atomic mass is 10.1. The number of carbonyl (C=O) groups excluding carboxylic acids is 1. The van der Waals surface area contributed by atoms with Gasteiger partial charge in [-0.25, -0.2) is 0 Å². The minimum atomic E-state index is -0.180. The monoisotopic (exact) mass is 371 g/mol. The number of rotatable bonds is 9. The highest BCUT2D eigenvalue weighted by atomic mass is 16.5. The van der Waals surface area contributed by atoms with Gasteiger partial charge in [-0.3, -0.25) is 4.79 Å². The zero-order chi connectivity index (χ0) is 19.6. The normalized spacial score (nSPS) is 10.5. The molecule has 0 spiro atoms. The average Bonchev–Trinajstić information content (AvgIpc) is 2.71. The second-order valence-electron chi connectivity index (χ2n) is 5.67. The number of hydrogen-bond donors (Lipinski definition) is 1. The Kier molecular flexibility index (Phi) is 7.55. The van der Waals surface area contributed by atoms with Crippen LogP contribution in [0.5, 0.6) is 23.0 Å². The first-order valence-electron chi connectivity index (χ1n) is 8.50. The smallest absolute Gasteiger partial charge is 0.244 e. The number of benzene rings is 2. The highest BCUT2D eigenvalue weighted by Crippen LogP contribution is 2.35. The zero-order valence-electron chi connectivity index (χ0n) is 16.1. The van der Waals surface area contributed by atoms with Gasteiger partial charge in [0.1, 0.15) is 11.5 Å². The maximum Gasteiger partial charge on any atom is 0.244 e. The van der Waals surface area contributed by atoms with Crippen LogP contribution in [0.4, 0.5) is 0 Å². The number of methoxy groups -OCH3 is 4. The van der Waals surface area contributed by atoms with Gasteiger partial charge in [-0.15, -0.1) is 0 Å². The predicted molar refractivity (Wildman–Crippen MR) is 105 cm³/mol. The van der Waals surface area contributed by atoms with Gasteiger partial charge in [-0.05, 0) is 36.3 Å². The third kappa shape index (κ3) is 5.67. The van der Waals surface area contributed by atoms with Crippen molar-refractivity contribution >= 4 is 12.0 Å². The number of carbonyl (C=O) groups is 1. The molecule has 0 aliphatic rings. The molecule has 6 heteroatoms. The molecule has 27 heavy (non-hydrogen) atoms. The van der Waals surface area contributed by atoms with E-state index in [0.29, 0.717) is 23.8 Å². The van der Waals surface area contributed by atoms with Crippen molar-refractivity contribution in [2.24, 2.45) is 0 Å². The number of amides is 1. The predicted octanol–water partition coefficient (Wildman–Crippen LogP) is 3.09. The van der Waals surface area contributed by atoms with Gasteiger partial charge in [-0.1, -0.05) is 12.1 Å². The molecule has 1 amide bonds. The summed E-state index contributed by atoms with van der Waals surface area (Å²) in [6, 6.07) is 11.3. The molecule has 0 atom stereocenters. The minimum absolute atomic E-state index is 0.180. The van der Waals surface area contributed by atoms with Gasteiger partial charge in [0, 0.05) is 24.3 Å². The summed E-state index contributed by atoms with van der Waals surface area (Å²) in [6.45, 7) is 0.540. The number of hydrogen-bond acceptors (Lipinski definition) is 5. The largest absolute Gasteiger partial charge is 0.497 e. The summed E-state index contributed by atoms with van der Waals surface area (Å²) >= 11 is 0. The molecule has 0 unspecified atom stereocenters. The van der Waals surface area contributed by atoms with Crippen LogP contribution in [-0.4, -0.2) is 40.9 Å². The second kappa shape index (κ2) is 10.1. The lowest BCUT2D eigenvalue weighted by molar-refractivity contribution is -0.116. The van der Waals surface area contributed by atoms with Crippen LogP contribution in [0, 0.1) is 0 Å². The van der Waals surface area contributed by atoms with Crippen LogP contribution in [0.25, 0.3) is 6.08 Å². The van der Waals surface area contributed by atoms with E-state index in [9.17, 15) is 4.79 Å². The summed E-state index contributed by atoms with van der Waals surface area (Å²) in [6.07, 6.45) is 3.89. The van der Waals surface area contributed by atoms with Crippen molar-refractivity contribution in [3.8, 4) is 23.0 Å². The highest BCUT2D eigenvalue weighted by molar-refractivity contribution is 5.92. The maximum atomic E-state index is 12.1. The molecule has 0 heterocycles. The van der Waals surface area contributed by atoms with E-state index in [2.05, 4.69) is 5.32 Å². The Morgan fingerprint density at radius 1 is 0.889 bits per heavy atom. The molecule has 0 aromatic heterocycles. The van der Waals surface area contributed by atoms with E-state index in [4.69, 9.17) is 18.9 Å². The summed E-state index contributed by atoms with van der Waals surface area (Å²) in [7, 11) is 6.31. The summed E-state index contributed by atoms with van der Waals surface area (Å²) in [4.78, 5) is 12.1. The van der Waals surface area contributed by atoms with Crippen LogP contribution < -0.4 is 24.3 Å². The van der Waals surface area contributed by atoms with Crippen LogP contribution in [0.2, 0.25) is 0 Å². The van der Waals surface area contributed by atoms with Crippen molar-refractivity contribution in [2.45, 2.75) is 6.42 Å². The van der Waals surface area contributed by atoms with Gasteiger partial charge in [0.05, 0.1) is 28.4 Å². The molecule has 1 N–H and O–H groups in total. The number of ether oxygens (including phenoxy) is 4. The van der Waals surface area contributed by atoms with Crippen LogP contribution >= 0.6 is 0 Å². The van der Waals surface area contributed by atoms with Crippen molar-refractivity contribution in [3.05, 3.63) is 53.6 Å². The molecule has 2 aromatic carbocycles. The third-order valence-corrected chi connectivity index (χ3v) is 4.02. The summed E-state index contributed by atoms with van der Waals surface area (Å²) < 4.78 is 21.0. The van der Waals surface area contributed by atoms with E-state index in [0.717, 1.165) is 23.3 Å². The Morgan fingerprint density at radius 2 is 1.52 bits per heavy atom. The number of nitrogens with one attached hydrogen (secondary N) is 1. The van der Waals surface area contributed by atoms with Crippen molar-refractivity contribution in [3.63, 3.8) is 0 Å². The standard InChI is InChI=1S/C21H25NO5/c1-24-17-8-5-15(6-9-17)11-12-22-21(23)10-7-16-13-19(26-3)20(27-4)14-18(16)25-2/h5-10,13-14H,11-12H2,1-4H3,(H,22,23)/b10-7+. The average molecular weight is 371 g/mol. The molecule has 0 bridgehead atoms. The van der Waals surface area contributed by atoms with Gasteiger partial charge in [0.2, 0.25) is 5.91 Å². The van der Waals surface area contributed by atoms with E-state index in [1.807, 2.05) is 24.3 Å². The van der Waals surface area contributed by atoms with Crippen molar-refractivity contribution in [1.29, 1.82) is 0 Å². The fraction of sp³-hybridized carbons (Fsp3) is 0.286. The summed E-state index contributed by atoms with van der Waals surface area (Å²) in [5.41, 5.74) is 1.85. The zero-order valence-corrected chi connectivity index (χ0v) is 16.1. The topological polar surface area (TPSA) is 66.0 Å². The van der Waals surface area contributed by atoms with Crippen LogP contribution in [0.3, 0.4) is 0 Å². The van der Waals surface area contributed by atoms with Gasteiger partial charge >= 0.3 is 0 Å². The first-order chi connectivity index (χ1) is 13.1. The van der Waals surface area contributed by atoms with E-state index in [-0.39, 0.29) is 5.91 Å². The van der Waals surface area contributed by atoms with Gasteiger partial charge in [0.15, 0.2) is 11.5 Å². The molecule has 6 nitrogen and oxygen atoms in total. The van der Waals surface area contributed by atoms with Crippen molar-refractivity contribution in [2.75, 3.05) is 35.0 Å². The molecule has 0 aliphatic carbocycles. The quantitative estimate of drug-likeness (QED) is 0.686. The first-order valence-corrected chi connectivity index (χ1v) is 8.50. The molecule has 2 rings (SSSR count). The lowest BCUT2D eigenvalue weighted by Crippen LogP contribution is -2.23. The van der Waals surface area contributed by atoms with Crippen molar-refractivity contribution in [1.82, 2.24) is 5.32 Å². The Hall–Kier alpha value is -3.15. The lowest BCUT2D eigenvalue weighted by Gasteiger charge is -2.12. The molecular formula is C21H25NO5. The molecule has 0 saturated heterocycles. The van der Waals surface area contributed by atoms with Crippen LogP contribution in [0.1, 0.15) is 11.1 Å². The molecule has 144 valence electrons. The van der Waals surface area contributed by atoms with Crippen LogP contribution in [-0.2, 0) is 11.2 Å². The second-order valence-corrected chi connectivity index (χ2v) is 5.67. The maximum absolute atomic E-state index is 12.1. The summed E-state index contributed by atoms with van der Waals surface area (Å²) in [5, 5.41) is 2.86. The SMILES string of the molecule is COc1ccc(CCNC(=O)/C=C/c2cc(OC)c(OC)cc2OC)cc1. The molecule has 0 fully saturated rings. The first kappa shape index (κ1) is 20.2. The van der Waals surface area contributed by atoms with E-state index in [1.54, 1.807) is 46.6 Å². The Bertz CT molecular complexity index is 784. The van der Waals surface area contributed by atoms with E-state index >= 15 is 0 Å². The Labute approximate surface area is 159 Å². The molecule has 0 aliphatic heterocycles.